The van der Waals surface area contributed by atoms with Crippen molar-refractivity contribution in [2.24, 2.45) is 11.7 Å². The van der Waals surface area contributed by atoms with E-state index in [1.165, 1.54) is 25.1 Å². The second-order valence-electron chi connectivity index (χ2n) is 15.3. The molecule has 7 rings (SSSR count). The number of hydrogen-bond acceptors (Lipinski definition) is 13. The Balaban J connectivity index is 0.883. The predicted octanol–water partition coefficient (Wildman–Crippen LogP) is 1.67. The van der Waals surface area contributed by atoms with E-state index in [1.807, 2.05) is 9.80 Å². The number of rotatable bonds is 11. The molecule has 19 heteroatoms. The highest BCUT2D eigenvalue weighted by atomic mass is 19.1. The summed E-state index contributed by atoms with van der Waals surface area (Å²) < 4.78 is 30.7. The molecule has 308 valence electrons. The fourth-order valence-electron chi connectivity index (χ4n) is 8.11. The third kappa shape index (κ3) is 9.58. The van der Waals surface area contributed by atoms with Crippen molar-refractivity contribution in [1.82, 2.24) is 36.0 Å². The Bertz CT molecular complexity index is 2060. The predicted molar refractivity (Wildman–Crippen MR) is 211 cm³/mol. The molecule has 0 radical (unpaired) electrons. The minimum Gasteiger partial charge on any atom is -0.371 e. The van der Waals surface area contributed by atoms with Gasteiger partial charge >= 0.3 is 0 Å². The number of nitrogens with two attached hydrogens (primary N) is 1. The van der Waals surface area contributed by atoms with Crippen molar-refractivity contribution in [2.45, 2.75) is 57.5 Å². The van der Waals surface area contributed by atoms with Gasteiger partial charge in [-0.2, -0.15) is 4.98 Å². The lowest BCUT2D eigenvalue weighted by atomic mass is 9.95. The Morgan fingerprint density at radius 3 is 2.33 bits per heavy atom. The number of nitrogens with one attached hydrogen (secondary N) is 4. The standard InChI is InChI=1S/C39H48F2N12O5/c1-23(54)43-26-3-2-12-53(22-26)39-47-36(34(35(42)56)48-49-39)44-25-4-8-32(30(41)19-25)52-17-15-50(16-18-52)21-24-10-13-51(14-11-24)27-5-6-28(29(40)20-27)37(57)45-31-7-9-33(55)46-38(31)58/h4-6,8,19-20,24,26,31H,2-3,7,9-18,21-22H2,1H3,(H2,42,56)(H,43,54)(H,45,57)(H,44,47,49)(H,46,55,58)/t26-,31?/m1/s1. The van der Waals surface area contributed by atoms with E-state index in [0.29, 0.717) is 49.2 Å². The first-order chi connectivity index (χ1) is 27.9. The molecule has 1 aromatic heterocycles. The van der Waals surface area contributed by atoms with Crippen LogP contribution in [0.2, 0.25) is 0 Å². The molecule has 17 nitrogen and oxygen atoms in total. The molecule has 0 bridgehead atoms. The van der Waals surface area contributed by atoms with Crippen molar-refractivity contribution in [3.8, 4) is 0 Å². The van der Waals surface area contributed by atoms with Crippen LogP contribution in [0.3, 0.4) is 0 Å². The van der Waals surface area contributed by atoms with Gasteiger partial charge in [-0.15, -0.1) is 10.2 Å². The van der Waals surface area contributed by atoms with Crippen molar-refractivity contribution in [2.75, 3.05) is 78.9 Å². The van der Waals surface area contributed by atoms with Crippen LogP contribution in [0.5, 0.6) is 0 Å². The van der Waals surface area contributed by atoms with Crippen molar-refractivity contribution >= 4 is 58.4 Å². The molecule has 0 spiro atoms. The monoisotopic (exact) mass is 802 g/mol. The maximum absolute atomic E-state index is 15.6. The number of imide groups is 1. The zero-order chi connectivity index (χ0) is 40.9. The fraction of sp³-hybridized carbons (Fsp3) is 0.487. The number of carbonyl (C=O) groups excluding carboxylic acids is 5. The molecule has 5 amide bonds. The molecule has 4 aliphatic heterocycles. The number of carbonyl (C=O) groups is 5. The van der Waals surface area contributed by atoms with Crippen LogP contribution in [-0.2, 0) is 14.4 Å². The Morgan fingerprint density at radius 1 is 0.862 bits per heavy atom. The van der Waals surface area contributed by atoms with Gasteiger partial charge in [0.15, 0.2) is 11.5 Å². The molecule has 3 aromatic rings. The van der Waals surface area contributed by atoms with Crippen LogP contribution in [0.15, 0.2) is 36.4 Å². The van der Waals surface area contributed by atoms with Crippen molar-refractivity contribution in [1.29, 1.82) is 0 Å². The van der Waals surface area contributed by atoms with Crippen LogP contribution in [-0.4, -0.2) is 121 Å². The quantitative estimate of drug-likeness (QED) is 0.175. The molecule has 1 unspecified atom stereocenters. The van der Waals surface area contributed by atoms with Crippen LogP contribution in [0.25, 0.3) is 0 Å². The van der Waals surface area contributed by atoms with Gasteiger partial charge in [-0.25, -0.2) is 8.78 Å². The number of hydrogen-bond donors (Lipinski definition) is 5. The highest BCUT2D eigenvalue weighted by molar-refractivity contribution is 6.04. The Labute approximate surface area is 334 Å². The molecule has 6 N–H and O–H groups in total. The minimum atomic E-state index is -0.884. The average Bonchev–Trinajstić information content (AvgIpc) is 3.19. The van der Waals surface area contributed by atoms with Gasteiger partial charge in [0.05, 0.1) is 11.3 Å². The molecule has 0 saturated carbocycles. The van der Waals surface area contributed by atoms with E-state index in [4.69, 9.17) is 5.73 Å². The lowest BCUT2D eigenvalue weighted by Gasteiger charge is -2.40. The van der Waals surface area contributed by atoms with Crippen LogP contribution >= 0.6 is 0 Å². The summed E-state index contributed by atoms with van der Waals surface area (Å²) in [7, 11) is 0. The molecule has 4 aliphatic rings. The molecule has 4 saturated heterocycles. The normalized spacial score (nSPS) is 20.7. The Kier molecular flexibility index (Phi) is 12.2. The topological polar surface area (TPSA) is 211 Å². The number of piperidine rings is 3. The highest BCUT2D eigenvalue weighted by Crippen LogP contribution is 2.29. The lowest BCUT2D eigenvalue weighted by molar-refractivity contribution is -0.134. The largest absolute Gasteiger partial charge is 0.371 e. The number of nitrogens with zero attached hydrogens (tertiary/aromatic N) is 7. The third-order valence-corrected chi connectivity index (χ3v) is 11.2. The molecule has 4 fully saturated rings. The van der Waals surface area contributed by atoms with Gasteiger partial charge in [0.1, 0.15) is 17.7 Å². The number of amides is 5. The van der Waals surface area contributed by atoms with Gasteiger partial charge in [0, 0.05) is 89.7 Å². The summed E-state index contributed by atoms with van der Waals surface area (Å²) in [5.74, 6) is -2.97. The molecule has 2 aromatic carbocycles. The number of primary amides is 1. The van der Waals surface area contributed by atoms with Crippen molar-refractivity contribution in [3.05, 3.63) is 59.3 Å². The zero-order valence-corrected chi connectivity index (χ0v) is 32.3. The maximum Gasteiger partial charge on any atom is 0.273 e. The van der Waals surface area contributed by atoms with Crippen molar-refractivity contribution in [3.63, 3.8) is 0 Å². The molecular formula is C39H48F2N12O5. The van der Waals surface area contributed by atoms with E-state index in [-0.39, 0.29) is 47.8 Å². The minimum absolute atomic E-state index is 0.0592. The molecular weight excluding hydrogens is 755 g/mol. The average molecular weight is 803 g/mol. The second kappa shape index (κ2) is 17.7. The van der Waals surface area contributed by atoms with Crippen molar-refractivity contribution < 1.29 is 32.8 Å². The van der Waals surface area contributed by atoms with E-state index in [2.05, 4.69) is 46.2 Å². The van der Waals surface area contributed by atoms with Crippen LogP contribution in [0, 0.1) is 17.6 Å². The molecule has 0 aliphatic carbocycles. The number of anilines is 5. The summed E-state index contributed by atoms with van der Waals surface area (Å²) in [6.45, 7) is 7.80. The Morgan fingerprint density at radius 2 is 1.64 bits per heavy atom. The van der Waals surface area contributed by atoms with E-state index in [0.717, 1.165) is 58.4 Å². The van der Waals surface area contributed by atoms with E-state index in [9.17, 15) is 24.0 Å². The summed E-state index contributed by atoms with van der Waals surface area (Å²) in [6, 6.07) is 8.31. The lowest BCUT2D eigenvalue weighted by Crippen LogP contribution is -2.52. The first kappa shape index (κ1) is 40.2. The van der Waals surface area contributed by atoms with Gasteiger partial charge in [-0.05, 0) is 74.4 Å². The maximum atomic E-state index is 15.6. The number of benzene rings is 2. The fourth-order valence-corrected chi connectivity index (χ4v) is 8.11. The van der Waals surface area contributed by atoms with Crippen LogP contribution in [0.1, 0.15) is 66.3 Å². The summed E-state index contributed by atoms with van der Waals surface area (Å²) in [5, 5.41) is 18.7. The first-order valence-corrected chi connectivity index (χ1v) is 19.7. The van der Waals surface area contributed by atoms with Gasteiger partial charge < -0.3 is 36.4 Å². The van der Waals surface area contributed by atoms with E-state index < -0.39 is 41.3 Å². The van der Waals surface area contributed by atoms with Gasteiger partial charge in [-0.3, -0.25) is 34.2 Å². The SMILES string of the molecule is CC(=O)N[C@@H]1CCCN(c2nnc(C(N)=O)c(Nc3ccc(N4CCN(CC5CCN(c6ccc(C(=O)NC7CCC(=O)NC7=O)c(F)c6)CC5)CC4)c(F)c3)n2)C1. The first-order valence-electron chi connectivity index (χ1n) is 19.7. The molecule has 2 atom stereocenters. The number of aromatic nitrogens is 3. The number of halogens is 2. The second-order valence-corrected chi connectivity index (χ2v) is 15.3. The van der Waals surface area contributed by atoms with Gasteiger partial charge in [0.2, 0.25) is 23.7 Å². The third-order valence-electron chi connectivity index (χ3n) is 11.2. The zero-order valence-electron chi connectivity index (χ0n) is 32.3. The highest BCUT2D eigenvalue weighted by Gasteiger charge is 2.30. The van der Waals surface area contributed by atoms with E-state index >= 15 is 8.78 Å². The molecule has 5 heterocycles. The van der Waals surface area contributed by atoms with Gasteiger partial charge in [-0.1, -0.05) is 0 Å². The Hall–Kier alpha value is -5.98. The van der Waals surface area contributed by atoms with Crippen LogP contribution in [0.4, 0.5) is 37.6 Å². The summed E-state index contributed by atoms with van der Waals surface area (Å²) in [4.78, 5) is 72.8. The van der Waals surface area contributed by atoms with Gasteiger partial charge in [0.25, 0.3) is 11.8 Å². The summed E-state index contributed by atoms with van der Waals surface area (Å²) in [6.07, 6.45) is 3.73. The molecule has 58 heavy (non-hydrogen) atoms. The van der Waals surface area contributed by atoms with Crippen LogP contribution < -0.4 is 41.7 Å². The summed E-state index contributed by atoms with van der Waals surface area (Å²) in [5.41, 5.74) is 6.75. The smallest absolute Gasteiger partial charge is 0.273 e. The number of piperazine rings is 1. The summed E-state index contributed by atoms with van der Waals surface area (Å²) >= 11 is 0. The van der Waals surface area contributed by atoms with E-state index in [1.54, 1.807) is 18.2 Å².